The molecule has 3 N–H and O–H groups in total. The maximum absolute atomic E-state index is 13.0. The van der Waals surface area contributed by atoms with Gasteiger partial charge in [-0.15, -0.1) is 0 Å². The number of anilines is 2. The van der Waals surface area contributed by atoms with Gasteiger partial charge in [0.15, 0.2) is 0 Å². The molecule has 0 aliphatic carbocycles. The topological polar surface area (TPSA) is 38.0 Å². The van der Waals surface area contributed by atoms with Gasteiger partial charge in [0.2, 0.25) is 0 Å². The number of halogens is 1. The molecule has 84 valence electrons. The molecule has 0 spiro atoms. The van der Waals surface area contributed by atoms with Crippen molar-refractivity contribution in [2.24, 2.45) is 0 Å². The minimum Gasteiger partial charge on any atom is -0.397 e. The third-order valence-corrected chi connectivity index (χ3v) is 2.50. The average Bonchev–Trinajstić information content (AvgIpc) is 2.22. The van der Waals surface area contributed by atoms with Crippen LogP contribution in [0.25, 0.3) is 0 Å². The van der Waals surface area contributed by atoms with E-state index in [1.807, 2.05) is 0 Å². The van der Waals surface area contributed by atoms with Gasteiger partial charge in [0.1, 0.15) is 5.82 Å². The number of rotatable bonds is 5. The largest absolute Gasteiger partial charge is 0.397 e. The van der Waals surface area contributed by atoms with E-state index in [9.17, 15) is 4.39 Å². The second-order valence-electron chi connectivity index (χ2n) is 3.77. The van der Waals surface area contributed by atoms with Gasteiger partial charge in [-0.1, -0.05) is 20.3 Å². The molecule has 15 heavy (non-hydrogen) atoms. The predicted molar refractivity (Wildman–Crippen MR) is 63.4 cm³/mol. The summed E-state index contributed by atoms with van der Waals surface area (Å²) in [5.74, 6) is -0.252. The first kappa shape index (κ1) is 11.8. The van der Waals surface area contributed by atoms with Crippen molar-refractivity contribution < 1.29 is 4.39 Å². The molecule has 1 atom stereocenters. The summed E-state index contributed by atoms with van der Waals surface area (Å²) in [4.78, 5) is 0. The van der Waals surface area contributed by atoms with E-state index in [-0.39, 0.29) is 5.82 Å². The summed E-state index contributed by atoms with van der Waals surface area (Å²) in [6.45, 7) is 4.25. The maximum atomic E-state index is 13.0. The lowest BCUT2D eigenvalue weighted by Gasteiger charge is -2.18. The number of nitrogen functional groups attached to an aromatic ring is 1. The third kappa shape index (κ3) is 3.42. The summed E-state index contributed by atoms with van der Waals surface area (Å²) in [6.07, 6.45) is 3.21. The van der Waals surface area contributed by atoms with Crippen molar-refractivity contribution in [1.82, 2.24) is 0 Å². The number of benzene rings is 1. The van der Waals surface area contributed by atoms with E-state index in [0.717, 1.165) is 19.3 Å². The molecule has 0 saturated carbocycles. The summed E-state index contributed by atoms with van der Waals surface area (Å²) in [5.41, 5.74) is 7.07. The molecule has 0 aliphatic rings. The maximum Gasteiger partial charge on any atom is 0.125 e. The normalized spacial score (nSPS) is 12.5. The fourth-order valence-electron chi connectivity index (χ4n) is 1.60. The molecule has 1 rings (SSSR count). The smallest absolute Gasteiger partial charge is 0.125 e. The molecule has 0 fully saturated rings. The monoisotopic (exact) mass is 210 g/mol. The Bertz CT molecular complexity index is 312. The molecule has 0 bridgehead atoms. The van der Waals surface area contributed by atoms with Crippen LogP contribution in [0, 0.1) is 5.82 Å². The van der Waals surface area contributed by atoms with Gasteiger partial charge < -0.3 is 11.1 Å². The van der Waals surface area contributed by atoms with Crippen LogP contribution in [-0.4, -0.2) is 6.04 Å². The number of hydrogen-bond acceptors (Lipinski definition) is 2. The minimum absolute atomic E-state index is 0.252. The number of nitrogens with one attached hydrogen (secondary N) is 1. The van der Waals surface area contributed by atoms with Crippen LogP contribution >= 0.6 is 0 Å². The van der Waals surface area contributed by atoms with Gasteiger partial charge in [-0.05, 0) is 31.0 Å². The lowest BCUT2D eigenvalue weighted by molar-refractivity contribution is 0.615. The zero-order valence-electron chi connectivity index (χ0n) is 9.39. The van der Waals surface area contributed by atoms with Crippen molar-refractivity contribution in [3.8, 4) is 0 Å². The van der Waals surface area contributed by atoms with Gasteiger partial charge in [-0.2, -0.15) is 0 Å². The van der Waals surface area contributed by atoms with Gasteiger partial charge in [0.25, 0.3) is 0 Å². The van der Waals surface area contributed by atoms with Gasteiger partial charge in [-0.3, -0.25) is 0 Å². The Morgan fingerprint density at radius 1 is 1.40 bits per heavy atom. The van der Waals surface area contributed by atoms with Crippen LogP contribution in [0.4, 0.5) is 15.8 Å². The molecule has 0 heterocycles. The highest BCUT2D eigenvalue weighted by atomic mass is 19.1. The van der Waals surface area contributed by atoms with Crippen molar-refractivity contribution in [2.45, 2.75) is 39.2 Å². The van der Waals surface area contributed by atoms with Crippen molar-refractivity contribution in [2.75, 3.05) is 11.1 Å². The Balaban J connectivity index is 2.73. The van der Waals surface area contributed by atoms with Gasteiger partial charge in [0.05, 0.1) is 11.4 Å². The Hall–Kier alpha value is -1.25. The van der Waals surface area contributed by atoms with Crippen LogP contribution in [0.5, 0.6) is 0 Å². The Morgan fingerprint density at radius 2 is 2.13 bits per heavy atom. The molecule has 1 unspecified atom stereocenters. The SMILES string of the molecule is CCCC(CC)Nc1cc(F)ccc1N. The number of hydrogen-bond donors (Lipinski definition) is 2. The standard InChI is InChI=1S/C12H19FN2/c1-3-5-10(4-2)15-12-8-9(13)6-7-11(12)14/h6-8,10,15H,3-5,14H2,1-2H3. The highest BCUT2D eigenvalue weighted by Gasteiger charge is 2.07. The molecule has 0 amide bonds. The zero-order valence-corrected chi connectivity index (χ0v) is 9.39. The first-order valence-electron chi connectivity index (χ1n) is 5.49. The first-order valence-corrected chi connectivity index (χ1v) is 5.49. The summed E-state index contributed by atoms with van der Waals surface area (Å²) >= 11 is 0. The van der Waals surface area contributed by atoms with Gasteiger partial charge in [0, 0.05) is 6.04 Å². The second-order valence-corrected chi connectivity index (χ2v) is 3.77. The lowest BCUT2D eigenvalue weighted by atomic mass is 10.1. The fraction of sp³-hybridized carbons (Fsp3) is 0.500. The molecule has 0 saturated heterocycles. The van der Waals surface area contributed by atoms with Crippen LogP contribution in [0.3, 0.4) is 0 Å². The molecule has 2 nitrogen and oxygen atoms in total. The van der Waals surface area contributed by atoms with E-state index in [4.69, 9.17) is 5.73 Å². The molecular formula is C12H19FN2. The van der Waals surface area contributed by atoms with Gasteiger partial charge in [-0.25, -0.2) is 4.39 Å². The zero-order chi connectivity index (χ0) is 11.3. The highest BCUT2D eigenvalue weighted by molar-refractivity contribution is 5.66. The first-order chi connectivity index (χ1) is 7.17. The predicted octanol–water partition coefficient (Wildman–Crippen LogP) is 3.40. The molecule has 0 aromatic heterocycles. The Labute approximate surface area is 90.7 Å². The lowest BCUT2D eigenvalue weighted by Crippen LogP contribution is -2.18. The third-order valence-electron chi connectivity index (χ3n) is 2.50. The minimum atomic E-state index is -0.252. The van der Waals surface area contributed by atoms with E-state index in [2.05, 4.69) is 19.2 Å². The molecule has 0 aliphatic heterocycles. The fourth-order valence-corrected chi connectivity index (χ4v) is 1.60. The Morgan fingerprint density at radius 3 is 2.73 bits per heavy atom. The Kier molecular flexibility index (Phi) is 4.40. The molecule has 0 radical (unpaired) electrons. The van der Waals surface area contributed by atoms with Crippen molar-refractivity contribution >= 4 is 11.4 Å². The molecule has 1 aromatic carbocycles. The van der Waals surface area contributed by atoms with E-state index in [1.54, 1.807) is 6.07 Å². The number of nitrogens with two attached hydrogens (primary N) is 1. The van der Waals surface area contributed by atoms with Crippen LogP contribution < -0.4 is 11.1 Å². The molecule has 3 heteroatoms. The van der Waals surface area contributed by atoms with Crippen molar-refractivity contribution in [3.05, 3.63) is 24.0 Å². The molecular weight excluding hydrogens is 191 g/mol. The van der Waals surface area contributed by atoms with Gasteiger partial charge >= 0.3 is 0 Å². The molecule has 1 aromatic rings. The van der Waals surface area contributed by atoms with Crippen LogP contribution in [0.2, 0.25) is 0 Å². The van der Waals surface area contributed by atoms with Crippen LogP contribution in [0.1, 0.15) is 33.1 Å². The summed E-state index contributed by atoms with van der Waals surface area (Å²) < 4.78 is 13.0. The highest BCUT2D eigenvalue weighted by Crippen LogP contribution is 2.21. The van der Waals surface area contributed by atoms with Crippen LogP contribution in [0.15, 0.2) is 18.2 Å². The second kappa shape index (κ2) is 5.59. The quantitative estimate of drug-likeness (QED) is 0.731. The van der Waals surface area contributed by atoms with Crippen LogP contribution in [-0.2, 0) is 0 Å². The average molecular weight is 210 g/mol. The van der Waals surface area contributed by atoms with Crippen molar-refractivity contribution in [3.63, 3.8) is 0 Å². The summed E-state index contributed by atoms with van der Waals surface area (Å²) in [6, 6.07) is 4.80. The summed E-state index contributed by atoms with van der Waals surface area (Å²) in [5, 5.41) is 3.27. The van der Waals surface area contributed by atoms with E-state index in [0.29, 0.717) is 17.4 Å². The van der Waals surface area contributed by atoms with Crippen molar-refractivity contribution in [1.29, 1.82) is 0 Å². The van der Waals surface area contributed by atoms with E-state index >= 15 is 0 Å². The van der Waals surface area contributed by atoms with E-state index < -0.39 is 0 Å². The van der Waals surface area contributed by atoms with E-state index in [1.165, 1.54) is 12.1 Å². The summed E-state index contributed by atoms with van der Waals surface area (Å²) in [7, 11) is 0.